The first-order valence-corrected chi connectivity index (χ1v) is 8.81. The number of ether oxygens (including phenoxy) is 2. The van der Waals surface area contributed by atoms with E-state index in [-0.39, 0.29) is 0 Å². The second kappa shape index (κ2) is 7.53. The Hall–Kier alpha value is -2.28. The molecule has 7 heteroatoms. The first-order valence-electron chi connectivity index (χ1n) is 7.99. The lowest BCUT2D eigenvalue weighted by molar-refractivity contribution is 0.174. The monoisotopic (exact) mass is 346 g/mol. The zero-order valence-electron chi connectivity index (χ0n) is 14.2. The fraction of sp³-hybridized carbons (Fsp3) is 0.412. The topological polar surface area (TPSA) is 67.8 Å². The van der Waals surface area contributed by atoms with Gasteiger partial charge in [-0.05, 0) is 38.5 Å². The lowest BCUT2D eigenvalue weighted by Crippen LogP contribution is -2.36. The molecule has 0 aliphatic carbocycles. The summed E-state index contributed by atoms with van der Waals surface area (Å²) in [6.45, 7) is 8.53. The molecule has 0 fully saturated rings. The SMILES string of the molecule is CCNC(=NCc1ccc2c(c1)OCO2)NCc1sc(C)nc1C. The first-order chi connectivity index (χ1) is 11.7. The van der Waals surface area contributed by atoms with E-state index in [1.165, 1.54) is 4.88 Å². The van der Waals surface area contributed by atoms with Crippen LogP contribution in [-0.4, -0.2) is 24.3 Å². The number of thiazole rings is 1. The number of benzene rings is 1. The van der Waals surface area contributed by atoms with Crippen LogP contribution < -0.4 is 20.1 Å². The molecule has 2 heterocycles. The number of nitrogens with one attached hydrogen (secondary N) is 2. The summed E-state index contributed by atoms with van der Waals surface area (Å²) in [6, 6.07) is 5.92. The summed E-state index contributed by atoms with van der Waals surface area (Å²) in [5.41, 5.74) is 2.16. The Morgan fingerprint density at radius 3 is 2.83 bits per heavy atom. The highest BCUT2D eigenvalue weighted by Gasteiger charge is 2.13. The summed E-state index contributed by atoms with van der Waals surface area (Å²) in [5, 5.41) is 7.73. The Kier molecular flexibility index (Phi) is 5.20. The molecule has 0 unspecified atom stereocenters. The molecule has 3 rings (SSSR count). The molecule has 1 aromatic carbocycles. The number of rotatable bonds is 5. The van der Waals surface area contributed by atoms with Gasteiger partial charge < -0.3 is 20.1 Å². The lowest BCUT2D eigenvalue weighted by Gasteiger charge is -2.11. The van der Waals surface area contributed by atoms with Crippen LogP contribution in [0.4, 0.5) is 0 Å². The van der Waals surface area contributed by atoms with Crippen molar-refractivity contribution in [3.05, 3.63) is 39.3 Å². The van der Waals surface area contributed by atoms with Gasteiger partial charge in [-0.3, -0.25) is 0 Å². The molecule has 24 heavy (non-hydrogen) atoms. The van der Waals surface area contributed by atoms with Crippen LogP contribution in [0.1, 0.15) is 28.1 Å². The zero-order valence-corrected chi connectivity index (χ0v) is 15.0. The number of fused-ring (bicyclic) bond motifs is 1. The van der Waals surface area contributed by atoms with Gasteiger partial charge in [-0.25, -0.2) is 9.98 Å². The highest BCUT2D eigenvalue weighted by Crippen LogP contribution is 2.32. The predicted molar refractivity (Wildman–Crippen MR) is 95.8 cm³/mol. The van der Waals surface area contributed by atoms with Crippen LogP contribution in [0, 0.1) is 13.8 Å². The minimum Gasteiger partial charge on any atom is -0.454 e. The Morgan fingerprint density at radius 1 is 1.25 bits per heavy atom. The van der Waals surface area contributed by atoms with Gasteiger partial charge in [0.15, 0.2) is 17.5 Å². The number of hydrogen-bond acceptors (Lipinski definition) is 5. The van der Waals surface area contributed by atoms with Crippen molar-refractivity contribution in [2.45, 2.75) is 33.9 Å². The van der Waals surface area contributed by atoms with Crippen molar-refractivity contribution < 1.29 is 9.47 Å². The van der Waals surface area contributed by atoms with Crippen LogP contribution in [0.3, 0.4) is 0 Å². The molecule has 0 saturated heterocycles. The van der Waals surface area contributed by atoms with Crippen molar-refractivity contribution in [3.8, 4) is 11.5 Å². The minimum atomic E-state index is 0.292. The number of aryl methyl sites for hydroxylation is 2. The Bertz CT molecular complexity index is 742. The predicted octanol–water partition coefficient (Wildman–Crippen LogP) is 2.74. The molecule has 1 aliphatic heterocycles. The number of aromatic nitrogens is 1. The molecular formula is C17H22N4O2S. The molecule has 0 bridgehead atoms. The minimum absolute atomic E-state index is 0.292. The first kappa shape index (κ1) is 16.6. The van der Waals surface area contributed by atoms with Gasteiger partial charge in [-0.15, -0.1) is 11.3 Å². The van der Waals surface area contributed by atoms with Gasteiger partial charge in [-0.1, -0.05) is 6.07 Å². The van der Waals surface area contributed by atoms with Crippen molar-refractivity contribution in [3.63, 3.8) is 0 Å². The molecule has 2 aromatic rings. The van der Waals surface area contributed by atoms with Crippen LogP contribution in [0.5, 0.6) is 11.5 Å². The van der Waals surface area contributed by atoms with Crippen molar-refractivity contribution in [1.29, 1.82) is 0 Å². The maximum atomic E-state index is 5.41. The number of nitrogens with zero attached hydrogens (tertiary/aromatic N) is 2. The van der Waals surface area contributed by atoms with E-state index in [1.807, 2.05) is 32.0 Å². The van der Waals surface area contributed by atoms with E-state index in [0.717, 1.165) is 46.8 Å². The van der Waals surface area contributed by atoms with Gasteiger partial charge in [0.1, 0.15) is 0 Å². The Labute approximate surface area is 145 Å². The molecule has 1 aromatic heterocycles. The van der Waals surface area contributed by atoms with Crippen LogP contribution in [0.2, 0.25) is 0 Å². The highest BCUT2D eigenvalue weighted by molar-refractivity contribution is 7.11. The standard InChI is InChI=1S/C17H22N4O2S/c1-4-18-17(20-9-16-11(2)21-12(3)24-16)19-8-13-5-6-14-15(7-13)23-10-22-14/h5-7H,4,8-10H2,1-3H3,(H2,18,19,20). The molecular weight excluding hydrogens is 324 g/mol. The summed E-state index contributed by atoms with van der Waals surface area (Å²) < 4.78 is 10.7. The van der Waals surface area contributed by atoms with Crippen molar-refractivity contribution in [2.75, 3.05) is 13.3 Å². The van der Waals surface area contributed by atoms with E-state index in [0.29, 0.717) is 13.3 Å². The van der Waals surface area contributed by atoms with Gasteiger partial charge in [0.2, 0.25) is 6.79 Å². The van der Waals surface area contributed by atoms with Crippen LogP contribution in [-0.2, 0) is 13.1 Å². The van der Waals surface area contributed by atoms with E-state index in [9.17, 15) is 0 Å². The number of hydrogen-bond donors (Lipinski definition) is 2. The Morgan fingerprint density at radius 2 is 2.08 bits per heavy atom. The van der Waals surface area contributed by atoms with Gasteiger partial charge in [0.25, 0.3) is 0 Å². The summed E-state index contributed by atoms with van der Waals surface area (Å²) in [6.07, 6.45) is 0. The molecule has 0 amide bonds. The molecule has 0 saturated carbocycles. The lowest BCUT2D eigenvalue weighted by atomic mass is 10.2. The van der Waals surface area contributed by atoms with Crippen LogP contribution in [0.25, 0.3) is 0 Å². The second-order valence-electron chi connectivity index (χ2n) is 5.48. The Balaban J connectivity index is 1.64. The number of aliphatic imine (C=N–C) groups is 1. The summed E-state index contributed by atoms with van der Waals surface area (Å²) in [7, 11) is 0. The van der Waals surface area contributed by atoms with E-state index in [2.05, 4.69) is 27.5 Å². The van der Waals surface area contributed by atoms with Gasteiger partial charge in [-0.2, -0.15) is 0 Å². The molecule has 0 atom stereocenters. The fourth-order valence-electron chi connectivity index (χ4n) is 2.45. The van der Waals surface area contributed by atoms with Crippen molar-refractivity contribution >= 4 is 17.3 Å². The fourth-order valence-corrected chi connectivity index (χ4v) is 3.33. The van der Waals surface area contributed by atoms with Crippen molar-refractivity contribution in [2.24, 2.45) is 4.99 Å². The third-order valence-corrected chi connectivity index (χ3v) is 4.69. The molecule has 6 nitrogen and oxygen atoms in total. The number of guanidine groups is 1. The largest absolute Gasteiger partial charge is 0.454 e. The van der Waals surface area contributed by atoms with Gasteiger partial charge in [0, 0.05) is 11.4 Å². The van der Waals surface area contributed by atoms with E-state index >= 15 is 0 Å². The average molecular weight is 346 g/mol. The molecule has 0 spiro atoms. The summed E-state index contributed by atoms with van der Waals surface area (Å²) in [4.78, 5) is 10.3. The highest BCUT2D eigenvalue weighted by atomic mass is 32.1. The second-order valence-corrected chi connectivity index (χ2v) is 6.77. The van der Waals surface area contributed by atoms with Gasteiger partial charge >= 0.3 is 0 Å². The molecule has 1 aliphatic rings. The maximum Gasteiger partial charge on any atom is 0.231 e. The molecule has 128 valence electrons. The van der Waals surface area contributed by atoms with E-state index in [4.69, 9.17) is 9.47 Å². The summed E-state index contributed by atoms with van der Waals surface area (Å²) in [5.74, 6) is 2.38. The van der Waals surface area contributed by atoms with E-state index in [1.54, 1.807) is 11.3 Å². The van der Waals surface area contributed by atoms with Crippen LogP contribution >= 0.6 is 11.3 Å². The maximum absolute atomic E-state index is 5.41. The average Bonchev–Trinajstić information content (AvgIpc) is 3.15. The zero-order chi connectivity index (χ0) is 16.9. The van der Waals surface area contributed by atoms with E-state index < -0.39 is 0 Å². The summed E-state index contributed by atoms with van der Waals surface area (Å²) >= 11 is 1.72. The van der Waals surface area contributed by atoms with Crippen LogP contribution in [0.15, 0.2) is 23.2 Å². The third kappa shape index (κ3) is 3.97. The molecule has 0 radical (unpaired) electrons. The smallest absolute Gasteiger partial charge is 0.231 e. The molecule has 2 N–H and O–H groups in total. The normalized spacial score (nSPS) is 13.2. The third-order valence-electron chi connectivity index (χ3n) is 3.62. The van der Waals surface area contributed by atoms with Gasteiger partial charge in [0.05, 0.1) is 23.8 Å². The quantitative estimate of drug-likeness (QED) is 0.644. The van der Waals surface area contributed by atoms with Crippen molar-refractivity contribution in [1.82, 2.24) is 15.6 Å².